The lowest BCUT2D eigenvalue weighted by Crippen LogP contribution is -2.40. The molecule has 3 aromatic rings. The summed E-state index contributed by atoms with van der Waals surface area (Å²) in [6.07, 6.45) is 2.18. The third kappa shape index (κ3) is 4.97. The fourth-order valence-electron chi connectivity index (χ4n) is 5.05. The van der Waals surface area contributed by atoms with Crippen LogP contribution in [0, 0.1) is 11.7 Å². The number of carboxylic acids is 1. The Kier molecular flexibility index (Phi) is 6.50. The predicted molar refractivity (Wildman–Crippen MR) is 130 cm³/mol. The minimum Gasteiger partial charge on any atom is -0.481 e. The Bertz CT molecular complexity index is 1350. The average Bonchev–Trinajstić information content (AvgIpc) is 3.30. The lowest BCUT2D eigenvalue weighted by Gasteiger charge is -2.30. The maximum Gasteiger partial charge on any atom is 0.307 e. The summed E-state index contributed by atoms with van der Waals surface area (Å²) < 4.78 is 52.5. The number of rotatable bonds is 5. The monoisotopic (exact) mass is 516 g/mol. The van der Waals surface area contributed by atoms with E-state index in [0.717, 1.165) is 17.4 Å². The Balaban J connectivity index is 1.52. The first-order valence-electron chi connectivity index (χ1n) is 11.8. The van der Waals surface area contributed by atoms with Crippen LogP contribution in [0.15, 0.2) is 48.8 Å². The van der Waals surface area contributed by atoms with Crippen molar-refractivity contribution in [3.63, 3.8) is 0 Å². The number of pyridine rings is 1. The van der Waals surface area contributed by atoms with Gasteiger partial charge < -0.3 is 10.0 Å². The highest BCUT2D eigenvalue weighted by Crippen LogP contribution is 2.42. The van der Waals surface area contributed by atoms with Crippen LogP contribution in [-0.4, -0.2) is 65.0 Å². The third-order valence-electron chi connectivity index (χ3n) is 7.03. The number of carbonyl (C=O) groups is 1. The van der Waals surface area contributed by atoms with Crippen LogP contribution in [0.1, 0.15) is 30.9 Å². The molecule has 36 heavy (non-hydrogen) atoms. The van der Waals surface area contributed by atoms with Gasteiger partial charge >= 0.3 is 5.97 Å². The van der Waals surface area contributed by atoms with Crippen LogP contribution in [0.3, 0.4) is 0 Å². The van der Waals surface area contributed by atoms with Crippen molar-refractivity contribution in [2.75, 3.05) is 29.5 Å². The summed E-state index contributed by atoms with van der Waals surface area (Å²) in [4.78, 5) is 18.1. The van der Waals surface area contributed by atoms with Crippen LogP contribution in [0.2, 0.25) is 0 Å². The van der Waals surface area contributed by atoms with E-state index in [4.69, 9.17) is 0 Å². The first-order chi connectivity index (χ1) is 17.2. The van der Waals surface area contributed by atoms with Crippen molar-refractivity contribution in [2.24, 2.45) is 5.92 Å². The maximum absolute atomic E-state index is 14.1. The fraction of sp³-hybridized carbons (Fsp3) is 0.400. The minimum absolute atomic E-state index is 0.0715. The van der Waals surface area contributed by atoms with Gasteiger partial charge in [-0.15, -0.1) is 0 Å². The van der Waals surface area contributed by atoms with Crippen molar-refractivity contribution in [3.05, 3.63) is 60.3 Å². The number of hydrogen-bond donors (Lipinski definition) is 1. The molecule has 1 saturated carbocycles. The summed E-state index contributed by atoms with van der Waals surface area (Å²) in [5, 5.41) is 14.5. The van der Waals surface area contributed by atoms with Gasteiger partial charge in [-0.05, 0) is 49.1 Å². The van der Waals surface area contributed by atoms with Gasteiger partial charge in [-0.25, -0.2) is 26.9 Å². The third-order valence-corrected chi connectivity index (χ3v) is 8.64. The molecule has 5 rings (SSSR count). The van der Waals surface area contributed by atoms with Gasteiger partial charge in [-0.3, -0.25) is 4.79 Å². The van der Waals surface area contributed by atoms with E-state index in [2.05, 4.69) is 10.1 Å². The highest BCUT2D eigenvalue weighted by molar-refractivity contribution is 7.91. The van der Waals surface area contributed by atoms with Gasteiger partial charge in [-0.1, -0.05) is 12.1 Å². The maximum atomic E-state index is 14.1. The Morgan fingerprint density at radius 1 is 1.06 bits per heavy atom. The largest absolute Gasteiger partial charge is 0.481 e. The second kappa shape index (κ2) is 9.61. The van der Waals surface area contributed by atoms with E-state index in [9.17, 15) is 27.1 Å². The number of alkyl halides is 1. The zero-order valence-corrected chi connectivity index (χ0v) is 20.2. The summed E-state index contributed by atoms with van der Waals surface area (Å²) in [6, 6.07) is 10.3. The molecule has 1 N–H and O–H groups in total. The molecule has 2 fully saturated rings. The molecule has 3 atom stereocenters. The van der Waals surface area contributed by atoms with Crippen LogP contribution in [-0.2, 0) is 14.6 Å². The summed E-state index contributed by atoms with van der Waals surface area (Å²) >= 11 is 0. The van der Waals surface area contributed by atoms with Crippen LogP contribution in [0.25, 0.3) is 16.9 Å². The van der Waals surface area contributed by atoms with Gasteiger partial charge in [-0.2, -0.15) is 5.10 Å². The topological polar surface area (TPSA) is 105 Å². The van der Waals surface area contributed by atoms with Crippen LogP contribution in [0.4, 0.5) is 14.5 Å². The molecule has 0 bridgehead atoms. The van der Waals surface area contributed by atoms with Crippen molar-refractivity contribution in [2.45, 2.75) is 31.4 Å². The number of hydrogen-bond acceptors (Lipinski definition) is 6. The number of nitrogens with zero attached hydrogens (tertiary/aromatic N) is 4. The van der Waals surface area contributed by atoms with Crippen molar-refractivity contribution in [1.29, 1.82) is 0 Å². The smallest absolute Gasteiger partial charge is 0.307 e. The SMILES string of the molecule is O=C(O)[C@@H]1C[C@@H](F)CC[C@H]1c1nn(-c2ccc(F)cn2)cc1-c1ccc(N2CCS(=O)(=O)CC2)cc1. The van der Waals surface area contributed by atoms with Crippen LogP contribution >= 0.6 is 0 Å². The lowest BCUT2D eigenvalue weighted by atomic mass is 9.75. The number of carboxylic acid groups (broad SMARTS) is 1. The summed E-state index contributed by atoms with van der Waals surface area (Å²) in [6.45, 7) is 0.849. The Morgan fingerprint density at radius 3 is 2.42 bits per heavy atom. The van der Waals surface area contributed by atoms with E-state index in [1.807, 2.05) is 29.2 Å². The Labute approximate surface area is 207 Å². The predicted octanol–water partition coefficient (Wildman–Crippen LogP) is 3.61. The zero-order valence-electron chi connectivity index (χ0n) is 19.4. The molecule has 0 unspecified atom stereocenters. The molecule has 11 heteroatoms. The van der Waals surface area contributed by atoms with Gasteiger partial charge in [0.1, 0.15) is 12.0 Å². The second-order valence-corrected chi connectivity index (χ2v) is 11.7. The Morgan fingerprint density at radius 2 is 1.78 bits per heavy atom. The highest BCUT2D eigenvalue weighted by Gasteiger charge is 2.39. The molecular weight excluding hydrogens is 490 g/mol. The molecule has 190 valence electrons. The van der Waals surface area contributed by atoms with E-state index < -0.39 is 39.6 Å². The first-order valence-corrected chi connectivity index (χ1v) is 13.7. The van der Waals surface area contributed by atoms with E-state index in [-0.39, 0.29) is 24.3 Å². The second-order valence-electron chi connectivity index (χ2n) is 9.35. The zero-order chi connectivity index (χ0) is 25.4. The molecule has 2 aromatic heterocycles. The van der Waals surface area contributed by atoms with E-state index >= 15 is 0 Å². The molecule has 0 amide bonds. The molecule has 1 aromatic carbocycles. The van der Waals surface area contributed by atoms with Crippen LogP contribution < -0.4 is 4.90 Å². The minimum atomic E-state index is -2.99. The molecule has 0 radical (unpaired) electrons. The quantitative estimate of drug-likeness (QED) is 0.552. The van der Waals surface area contributed by atoms with Crippen LogP contribution in [0.5, 0.6) is 0 Å². The molecule has 1 aliphatic carbocycles. The molecule has 1 saturated heterocycles. The lowest BCUT2D eigenvalue weighted by molar-refractivity contribution is -0.144. The number of aliphatic carboxylic acids is 1. The summed E-state index contributed by atoms with van der Waals surface area (Å²) in [5.41, 5.74) is 2.92. The molecular formula is C25H26F2N4O4S. The summed E-state index contributed by atoms with van der Waals surface area (Å²) in [7, 11) is -2.99. The molecule has 1 aliphatic heterocycles. The van der Waals surface area contributed by atoms with Gasteiger partial charge in [0.25, 0.3) is 0 Å². The number of anilines is 1. The normalized spacial score (nSPS) is 23.9. The van der Waals surface area contributed by atoms with Gasteiger partial charge in [0.05, 0.1) is 29.3 Å². The van der Waals surface area contributed by atoms with Gasteiger partial charge in [0, 0.05) is 36.5 Å². The highest BCUT2D eigenvalue weighted by atomic mass is 32.2. The number of sulfone groups is 1. The molecule has 8 nitrogen and oxygen atoms in total. The van der Waals surface area contributed by atoms with Crippen molar-refractivity contribution >= 4 is 21.5 Å². The molecule has 2 aliphatic rings. The molecule has 0 spiro atoms. The van der Waals surface area contributed by atoms with E-state index in [1.54, 1.807) is 6.20 Å². The van der Waals surface area contributed by atoms with Crippen molar-refractivity contribution < 1.29 is 27.1 Å². The van der Waals surface area contributed by atoms with Crippen molar-refractivity contribution in [3.8, 4) is 16.9 Å². The summed E-state index contributed by atoms with van der Waals surface area (Å²) in [5.74, 6) is -2.34. The van der Waals surface area contributed by atoms with E-state index in [0.29, 0.717) is 36.6 Å². The van der Waals surface area contributed by atoms with Gasteiger partial charge in [0.15, 0.2) is 15.7 Å². The fourth-order valence-corrected chi connectivity index (χ4v) is 6.25. The van der Waals surface area contributed by atoms with Crippen molar-refractivity contribution in [1.82, 2.24) is 14.8 Å². The molecule has 3 heterocycles. The average molecular weight is 517 g/mol. The van der Waals surface area contributed by atoms with Gasteiger partial charge in [0.2, 0.25) is 0 Å². The first kappa shape index (κ1) is 24.4. The number of halogens is 2. The van der Waals surface area contributed by atoms with E-state index in [1.165, 1.54) is 16.8 Å². The number of benzene rings is 1. The Hall–Kier alpha value is -3.34. The number of aromatic nitrogens is 3. The standard InChI is InChI=1S/C25H26F2N4O4S/c26-17-3-7-20(21(13-17)25(32)33)24-22(15-31(29-24)23-8-4-18(27)14-28-23)16-1-5-19(6-2-16)30-9-11-36(34,35)12-10-30/h1-2,4-6,8,14-15,17,20-21H,3,7,9-13H2,(H,32,33)/t17-,20+,21+/m0/s1.